The van der Waals surface area contributed by atoms with Crippen molar-refractivity contribution < 1.29 is 26.6 Å². The van der Waals surface area contributed by atoms with Crippen LogP contribution in [0.2, 0.25) is 0 Å². The fraction of sp³-hybridized carbons (Fsp3) is 0.917. The Morgan fingerprint density at radius 3 is 2.11 bits per heavy atom. The molecule has 0 radical (unpaired) electrons. The fourth-order valence-electron chi connectivity index (χ4n) is 1.49. The van der Waals surface area contributed by atoms with Gasteiger partial charge in [0.25, 0.3) is 10.1 Å². The number of rotatable bonds is 8. The van der Waals surface area contributed by atoms with Crippen molar-refractivity contribution in [2.45, 2.75) is 26.4 Å². The lowest BCUT2D eigenvalue weighted by Crippen LogP contribution is -2.43. The van der Waals surface area contributed by atoms with Gasteiger partial charge in [0.15, 0.2) is 0 Å². The molecule has 0 aliphatic carbocycles. The molecule has 0 saturated heterocycles. The predicted molar refractivity (Wildman–Crippen MR) is 73.0 cm³/mol. The van der Waals surface area contributed by atoms with Crippen molar-refractivity contribution in [1.82, 2.24) is 0 Å². The number of esters is 1. The topological polar surface area (TPSA) is 69.7 Å². The smallest absolute Gasteiger partial charge is 0.308 e. The number of hydrogen-bond acceptors (Lipinski definition) is 5. The first-order chi connectivity index (χ1) is 8.39. The molecule has 6 nitrogen and oxygen atoms in total. The van der Waals surface area contributed by atoms with Crippen molar-refractivity contribution >= 4 is 16.1 Å². The van der Waals surface area contributed by atoms with E-state index in [4.69, 9.17) is 8.92 Å². The first kappa shape index (κ1) is 18.3. The van der Waals surface area contributed by atoms with Crippen LogP contribution in [0.4, 0.5) is 0 Å². The number of quaternary nitrogens is 1. The highest BCUT2D eigenvalue weighted by Gasteiger charge is 2.26. The van der Waals surface area contributed by atoms with Crippen LogP contribution in [-0.4, -0.2) is 65.5 Å². The average Bonchev–Trinajstić information content (AvgIpc) is 2.08. The Balaban J connectivity index is 4.54. The Morgan fingerprint density at radius 1 is 1.21 bits per heavy atom. The number of likely N-dealkylation sites (N-methyl/N-ethyl adjacent to an activating group) is 1. The molecule has 7 heteroatoms. The summed E-state index contributed by atoms with van der Waals surface area (Å²) < 4.78 is 32.9. The molecule has 0 aliphatic heterocycles. The third-order valence-corrected chi connectivity index (χ3v) is 2.66. The lowest BCUT2D eigenvalue weighted by atomic mass is 10.2. The number of carbonyl (C=O) groups is 1. The molecule has 0 aromatic heterocycles. The molecule has 0 N–H and O–H groups in total. The summed E-state index contributed by atoms with van der Waals surface area (Å²) in [6, 6.07) is 0. The second kappa shape index (κ2) is 7.21. The van der Waals surface area contributed by atoms with E-state index in [-0.39, 0.29) is 12.3 Å². The summed E-state index contributed by atoms with van der Waals surface area (Å²) >= 11 is 0. The summed E-state index contributed by atoms with van der Waals surface area (Å²) in [5.41, 5.74) is 0. The number of nitrogens with zero attached hydrogens (tertiary/aromatic N) is 1. The van der Waals surface area contributed by atoms with E-state index in [1.807, 2.05) is 35.0 Å². The van der Waals surface area contributed by atoms with E-state index < -0.39 is 22.2 Å². The van der Waals surface area contributed by atoms with Crippen molar-refractivity contribution in [2.24, 2.45) is 5.92 Å². The van der Waals surface area contributed by atoms with Gasteiger partial charge in [0.1, 0.15) is 12.6 Å². The van der Waals surface area contributed by atoms with Crippen molar-refractivity contribution in [1.29, 1.82) is 0 Å². The highest BCUT2D eigenvalue weighted by atomic mass is 32.2. The largest absolute Gasteiger partial charge is 0.465 e. The van der Waals surface area contributed by atoms with Gasteiger partial charge in [0, 0.05) is 0 Å². The molecule has 0 fully saturated rings. The van der Waals surface area contributed by atoms with E-state index in [1.54, 1.807) is 0 Å². The second-order valence-electron chi connectivity index (χ2n) is 6.18. The van der Waals surface area contributed by atoms with Gasteiger partial charge >= 0.3 is 5.97 Å². The SMILES string of the molecule is CC(C)COC(=O)C[C@@H](C[N+](C)(C)C)OS(C)(=O)=O. The summed E-state index contributed by atoms with van der Waals surface area (Å²) in [6.07, 6.45) is 0.222. The van der Waals surface area contributed by atoms with Crippen LogP contribution in [0.25, 0.3) is 0 Å². The van der Waals surface area contributed by atoms with Gasteiger partial charge in [-0.1, -0.05) is 13.8 Å². The first-order valence-electron chi connectivity index (χ1n) is 6.23. The lowest BCUT2D eigenvalue weighted by Gasteiger charge is -2.28. The summed E-state index contributed by atoms with van der Waals surface area (Å²) in [7, 11) is 2.11. The van der Waals surface area contributed by atoms with Crippen LogP contribution in [0.5, 0.6) is 0 Å². The predicted octanol–water partition coefficient (Wildman–Crippen LogP) is 0.627. The van der Waals surface area contributed by atoms with Crippen LogP contribution in [0.15, 0.2) is 0 Å². The summed E-state index contributed by atoms with van der Waals surface area (Å²) in [5.74, 6) is -0.188. The van der Waals surface area contributed by atoms with E-state index in [2.05, 4.69) is 0 Å². The van der Waals surface area contributed by atoms with Crippen molar-refractivity contribution in [3.8, 4) is 0 Å². The molecular weight excluding hydrogens is 270 g/mol. The Labute approximate surface area is 116 Å². The lowest BCUT2D eigenvalue weighted by molar-refractivity contribution is -0.873. The normalized spacial score (nSPS) is 14.5. The van der Waals surface area contributed by atoms with Crippen LogP contribution in [0, 0.1) is 5.92 Å². The third kappa shape index (κ3) is 12.1. The van der Waals surface area contributed by atoms with Gasteiger partial charge in [0.2, 0.25) is 0 Å². The van der Waals surface area contributed by atoms with Crippen LogP contribution in [-0.2, 0) is 23.8 Å². The van der Waals surface area contributed by atoms with Crippen LogP contribution >= 0.6 is 0 Å². The third-order valence-electron chi connectivity index (χ3n) is 2.03. The molecule has 0 aromatic rings. The van der Waals surface area contributed by atoms with Gasteiger partial charge in [-0.25, -0.2) is 0 Å². The zero-order valence-corrected chi connectivity index (χ0v) is 13.5. The molecular formula is C12H26NO5S+. The molecule has 0 aliphatic rings. The number of carbonyl (C=O) groups excluding carboxylic acids is 1. The molecule has 1 atom stereocenters. The quantitative estimate of drug-likeness (QED) is 0.373. The Kier molecular flexibility index (Phi) is 6.96. The molecule has 0 rings (SSSR count). The maximum absolute atomic E-state index is 11.6. The maximum atomic E-state index is 11.6. The minimum atomic E-state index is -3.59. The van der Waals surface area contributed by atoms with Gasteiger partial charge in [-0.2, -0.15) is 8.42 Å². The fourth-order valence-corrected chi connectivity index (χ4v) is 2.11. The molecule has 0 aromatic carbocycles. The summed E-state index contributed by atoms with van der Waals surface area (Å²) in [4.78, 5) is 11.6. The molecule has 0 spiro atoms. The summed E-state index contributed by atoms with van der Waals surface area (Å²) in [6.45, 7) is 4.60. The van der Waals surface area contributed by atoms with E-state index >= 15 is 0 Å². The highest BCUT2D eigenvalue weighted by molar-refractivity contribution is 7.86. The van der Waals surface area contributed by atoms with Gasteiger partial charge in [-0.15, -0.1) is 0 Å². The van der Waals surface area contributed by atoms with Crippen molar-refractivity contribution in [3.05, 3.63) is 0 Å². The molecule has 0 unspecified atom stereocenters. The van der Waals surface area contributed by atoms with Crippen molar-refractivity contribution in [2.75, 3.05) is 40.6 Å². The number of ether oxygens (including phenoxy) is 1. The van der Waals surface area contributed by atoms with E-state index in [1.165, 1.54) is 0 Å². The first-order valence-corrected chi connectivity index (χ1v) is 8.05. The van der Waals surface area contributed by atoms with Gasteiger partial charge in [0.05, 0.1) is 40.4 Å². The van der Waals surface area contributed by atoms with Crippen LogP contribution in [0.1, 0.15) is 20.3 Å². The molecule has 0 amide bonds. The average molecular weight is 296 g/mol. The van der Waals surface area contributed by atoms with E-state index in [0.717, 1.165) is 6.26 Å². The monoisotopic (exact) mass is 296 g/mol. The van der Waals surface area contributed by atoms with Crippen LogP contribution in [0.3, 0.4) is 0 Å². The number of hydrogen-bond donors (Lipinski definition) is 0. The minimum Gasteiger partial charge on any atom is -0.465 e. The Hall–Kier alpha value is -0.660. The van der Waals surface area contributed by atoms with Gasteiger partial charge in [-0.3, -0.25) is 8.98 Å². The van der Waals surface area contributed by atoms with Crippen molar-refractivity contribution in [3.63, 3.8) is 0 Å². The molecule has 114 valence electrons. The molecule has 0 saturated carbocycles. The molecule has 0 bridgehead atoms. The highest BCUT2D eigenvalue weighted by Crippen LogP contribution is 2.09. The zero-order chi connectivity index (χ0) is 15.3. The van der Waals surface area contributed by atoms with Gasteiger partial charge in [-0.05, 0) is 5.92 Å². The van der Waals surface area contributed by atoms with E-state index in [0.29, 0.717) is 17.6 Å². The van der Waals surface area contributed by atoms with Crippen LogP contribution < -0.4 is 0 Å². The standard InChI is InChI=1S/C12H26NO5S/c1-10(2)9-17-12(14)7-11(8-13(3,4)5)18-19(6,15)16/h10-11H,7-9H2,1-6H3/q+1/t11-/m0/s1. The Morgan fingerprint density at radius 2 is 1.74 bits per heavy atom. The summed E-state index contributed by atoms with van der Waals surface area (Å²) in [5, 5.41) is 0. The van der Waals surface area contributed by atoms with E-state index in [9.17, 15) is 13.2 Å². The molecule has 19 heavy (non-hydrogen) atoms. The zero-order valence-electron chi connectivity index (χ0n) is 12.7. The molecule has 0 heterocycles. The van der Waals surface area contributed by atoms with Gasteiger partial charge < -0.3 is 9.22 Å². The maximum Gasteiger partial charge on any atom is 0.308 e. The second-order valence-corrected chi connectivity index (χ2v) is 7.78. The minimum absolute atomic E-state index is 0.0602. The Bertz CT molecular complexity index is 383.